The van der Waals surface area contributed by atoms with Gasteiger partial charge in [0, 0.05) is 0 Å². The zero-order valence-electron chi connectivity index (χ0n) is 25.5. The normalized spacial score (nSPS) is 15.9. The molecule has 0 radical (unpaired) electrons. The van der Waals surface area contributed by atoms with Crippen molar-refractivity contribution in [1.29, 1.82) is 0 Å². The fourth-order valence-corrected chi connectivity index (χ4v) is 5.17. The summed E-state index contributed by atoms with van der Waals surface area (Å²) in [6.07, 6.45) is 10.4. The van der Waals surface area contributed by atoms with Gasteiger partial charge < -0.3 is 28.4 Å². The lowest BCUT2D eigenvalue weighted by Gasteiger charge is -2.34. The van der Waals surface area contributed by atoms with Crippen LogP contribution in [0.2, 0.25) is 0 Å². The maximum absolute atomic E-state index is 12.5. The molecule has 43 heavy (non-hydrogen) atoms. The topological polar surface area (TPSA) is 119 Å². The first-order valence-corrected chi connectivity index (χ1v) is 17.1. The number of amides is 1. The third-order valence-corrected chi connectivity index (χ3v) is 7.54. The fraction of sp³-hybridized carbons (Fsp3) is 0.594. The van der Waals surface area contributed by atoms with Crippen molar-refractivity contribution in [1.82, 2.24) is 4.72 Å². The molecule has 1 heterocycles. The number of hydrogen-bond donors (Lipinski definition) is 1. The van der Waals surface area contributed by atoms with Crippen LogP contribution in [-0.4, -0.2) is 72.4 Å². The molecule has 1 N–H and O–H groups in total. The zero-order valence-corrected chi connectivity index (χ0v) is 26.3. The third-order valence-electron chi connectivity index (χ3n) is 6.94. The van der Waals surface area contributed by atoms with Gasteiger partial charge in [0.05, 0.1) is 19.5 Å². The predicted octanol–water partition coefficient (Wildman–Crippen LogP) is 5.29. The molecule has 1 aliphatic rings. The van der Waals surface area contributed by atoms with Gasteiger partial charge in [-0.3, -0.25) is 9.52 Å². The van der Waals surface area contributed by atoms with Crippen molar-refractivity contribution < 1.29 is 41.6 Å². The first kappa shape index (κ1) is 34.5. The van der Waals surface area contributed by atoms with E-state index < -0.39 is 28.1 Å². The highest BCUT2D eigenvalue weighted by molar-refractivity contribution is 7.89. The van der Waals surface area contributed by atoms with Crippen molar-refractivity contribution in [2.45, 2.75) is 70.3 Å². The average Bonchev–Trinajstić information content (AvgIpc) is 2.98. The maximum atomic E-state index is 12.5. The van der Waals surface area contributed by atoms with Crippen molar-refractivity contribution in [2.75, 3.05) is 52.5 Å². The van der Waals surface area contributed by atoms with E-state index in [9.17, 15) is 13.2 Å². The summed E-state index contributed by atoms with van der Waals surface area (Å²) in [5.74, 6) is 1.37. The zero-order chi connectivity index (χ0) is 30.8. The monoisotopic (exact) mass is 621 g/mol. The highest BCUT2D eigenvalue weighted by atomic mass is 32.2. The molecule has 0 aromatic heterocycles. The van der Waals surface area contributed by atoms with E-state index in [2.05, 4.69) is 6.92 Å². The summed E-state index contributed by atoms with van der Waals surface area (Å²) >= 11 is 0. The van der Waals surface area contributed by atoms with Gasteiger partial charge in [0.15, 0.2) is 23.0 Å². The highest BCUT2D eigenvalue weighted by Gasteiger charge is 2.35. The van der Waals surface area contributed by atoms with E-state index >= 15 is 0 Å². The molecule has 0 saturated heterocycles. The van der Waals surface area contributed by atoms with Gasteiger partial charge in [0.1, 0.15) is 38.6 Å². The van der Waals surface area contributed by atoms with Crippen molar-refractivity contribution in [3.63, 3.8) is 0 Å². The Morgan fingerprint density at radius 2 is 1.21 bits per heavy atom. The summed E-state index contributed by atoms with van der Waals surface area (Å²) in [5, 5.41) is 0. The Labute approximate surface area is 256 Å². The highest BCUT2D eigenvalue weighted by Crippen LogP contribution is 2.32. The van der Waals surface area contributed by atoms with E-state index in [0.29, 0.717) is 55.8 Å². The first-order chi connectivity index (χ1) is 20.8. The van der Waals surface area contributed by atoms with Gasteiger partial charge in [0.2, 0.25) is 10.0 Å². The number of nitrogens with one attached hydrogen (secondary N) is 1. The smallest absolute Gasteiger partial charge is 0.259 e. The maximum Gasteiger partial charge on any atom is 0.259 e. The second kappa shape index (κ2) is 18.6. The Morgan fingerprint density at radius 1 is 0.744 bits per heavy atom. The lowest BCUT2D eigenvalue weighted by atomic mass is 9.96. The summed E-state index contributed by atoms with van der Waals surface area (Å²) in [4.78, 5) is 12.5. The lowest BCUT2D eigenvalue weighted by molar-refractivity contribution is -0.140. The quantitative estimate of drug-likeness (QED) is 0.298. The number of para-hydroxylation sites is 4. The molecule has 0 saturated carbocycles. The average molecular weight is 622 g/mol. The number of rotatable bonds is 13. The van der Waals surface area contributed by atoms with Crippen LogP contribution in [0.5, 0.6) is 23.0 Å². The van der Waals surface area contributed by atoms with Gasteiger partial charge >= 0.3 is 0 Å². The molecule has 0 unspecified atom stereocenters. The van der Waals surface area contributed by atoms with Crippen LogP contribution in [-0.2, 0) is 24.3 Å². The molecule has 2 aromatic carbocycles. The van der Waals surface area contributed by atoms with Gasteiger partial charge in [-0.1, -0.05) is 82.6 Å². The molecule has 3 rings (SSSR count). The van der Waals surface area contributed by atoms with Crippen LogP contribution >= 0.6 is 0 Å². The summed E-state index contributed by atoms with van der Waals surface area (Å²) in [7, 11) is -3.74. The molecule has 10 nitrogen and oxygen atoms in total. The fourth-order valence-electron chi connectivity index (χ4n) is 4.70. The third kappa shape index (κ3) is 13.4. The van der Waals surface area contributed by atoms with Crippen molar-refractivity contribution in [3.8, 4) is 23.0 Å². The SMILES string of the molecule is CCCCCCCCCCC1(OCC(=O)NS(C)(=O)=O)COc2ccccc2OCCOCCOc2ccccc2OC1. The number of fused-ring (bicyclic) bond motifs is 2. The second-order valence-corrected chi connectivity index (χ2v) is 12.5. The van der Waals surface area contributed by atoms with Crippen LogP contribution in [0.25, 0.3) is 0 Å². The number of unbranched alkanes of at least 4 members (excludes halogenated alkanes) is 7. The molecule has 1 aliphatic heterocycles. The molecular weight excluding hydrogens is 574 g/mol. The largest absolute Gasteiger partial charge is 0.487 e. The van der Waals surface area contributed by atoms with Crippen LogP contribution in [0.4, 0.5) is 0 Å². The van der Waals surface area contributed by atoms with Gasteiger partial charge in [-0.25, -0.2) is 8.42 Å². The number of carbonyl (C=O) groups is 1. The van der Waals surface area contributed by atoms with E-state index in [1.807, 2.05) is 41.1 Å². The standard InChI is InChI=1S/C32H47NO9S/c1-3-4-5-6-7-8-9-14-19-32(42-24-31(34)33-43(2,35)36)25-40-29-17-12-10-15-27(29)38-22-20-37-21-23-39-28-16-11-13-18-30(28)41-26-32/h10-13,15-18H,3-9,14,19-26H2,1-2H3,(H,33,34). The van der Waals surface area contributed by atoms with Crippen molar-refractivity contribution >= 4 is 15.9 Å². The number of carbonyl (C=O) groups excluding carboxylic acids is 1. The minimum absolute atomic E-state index is 0.0373. The van der Waals surface area contributed by atoms with Crippen LogP contribution in [0, 0.1) is 0 Å². The number of hydrogen-bond acceptors (Lipinski definition) is 9. The first-order valence-electron chi connectivity index (χ1n) is 15.2. The van der Waals surface area contributed by atoms with E-state index in [0.717, 1.165) is 31.9 Å². The van der Waals surface area contributed by atoms with Gasteiger partial charge in [0.25, 0.3) is 5.91 Å². The minimum atomic E-state index is -3.74. The second-order valence-electron chi connectivity index (χ2n) is 10.8. The molecular formula is C32H47NO9S. The Balaban J connectivity index is 1.84. The summed E-state index contributed by atoms with van der Waals surface area (Å²) in [6, 6.07) is 14.7. The molecule has 11 heteroatoms. The van der Waals surface area contributed by atoms with Crippen molar-refractivity contribution in [3.05, 3.63) is 48.5 Å². The van der Waals surface area contributed by atoms with Gasteiger partial charge in [-0.15, -0.1) is 0 Å². The van der Waals surface area contributed by atoms with Crippen LogP contribution in [0.1, 0.15) is 64.7 Å². The van der Waals surface area contributed by atoms with E-state index in [-0.39, 0.29) is 13.2 Å². The molecule has 0 fully saturated rings. The molecule has 0 aliphatic carbocycles. The lowest BCUT2D eigenvalue weighted by Crippen LogP contribution is -2.47. The summed E-state index contributed by atoms with van der Waals surface area (Å²) in [5.41, 5.74) is -1.09. The number of ether oxygens (including phenoxy) is 6. The van der Waals surface area contributed by atoms with E-state index in [4.69, 9.17) is 28.4 Å². The van der Waals surface area contributed by atoms with Crippen LogP contribution in [0.3, 0.4) is 0 Å². The molecule has 0 atom stereocenters. The molecule has 240 valence electrons. The van der Waals surface area contributed by atoms with Crippen LogP contribution in [0.15, 0.2) is 48.5 Å². The van der Waals surface area contributed by atoms with Crippen LogP contribution < -0.4 is 23.7 Å². The van der Waals surface area contributed by atoms with Gasteiger partial charge in [-0.05, 0) is 30.7 Å². The Hall–Kier alpha value is -3.02. The predicted molar refractivity (Wildman–Crippen MR) is 165 cm³/mol. The van der Waals surface area contributed by atoms with E-state index in [1.54, 1.807) is 12.1 Å². The van der Waals surface area contributed by atoms with E-state index in [1.165, 1.54) is 25.7 Å². The summed E-state index contributed by atoms with van der Waals surface area (Å²) in [6.45, 7) is 3.19. The molecule has 0 bridgehead atoms. The Morgan fingerprint density at radius 3 is 1.70 bits per heavy atom. The number of benzene rings is 2. The minimum Gasteiger partial charge on any atom is -0.487 e. The Kier molecular flexibility index (Phi) is 14.9. The van der Waals surface area contributed by atoms with Gasteiger partial charge in [-0.2, -0.15) is 0 Å². The summed E-state index contributed by atoms with van der Waals surface area (Å²) < 4.78 is 61.7. The molecule has 1 amide bonds. The Bertz CT molecular complexity index is 1150. The van der Waals surface area contributed by atoms with Crippen molar-refractivity contribution in [2.24, 2.45) is 0 Å². The number of sulfonamides is 1. The molecule has 0 spiro atoms. The molecule has 2 aromatic rings.